The van der Waals surface area contributed by atoms with E-state index in [-0.39, 0.29) is 18.4 Å². The van der Waals surface area contributed by atoms with Crippen LogP contribution in [-0.2, 0) is 11.2 Å². The van der Waals surface area contributed by atoms with Crippen LogP contribution < -0.4 is 10.2 Å². The normalized spacial score (nSPS) is 13.0. The summed E-state index contributed by atoms with van der Waals surface area (Å²) in [6, 6.07) is 15.6. The Hall–Kier alpha value is -2.82. The average molecular weight is 394 g/mol. The molecule has 154 valence electrons. The molecule has 1 heterocycles. The molecule has 2 aromatic carbocycles. The summed E-state index contributed by atoms with van der Waals surface area (Å²) in [5.74, 6) is 0.0982. The van der Waals surface area contributed by atoms with Gasteiger partial charge in [-0.05, 0) is 55.5 Å². The Morgan fingerprint density at radius 3 is 2.55 bits per heavy atom. The fourth-order valence-corrected chi connectivity index (χ4v) is 3.87. The second-order valence-electron chi connectivity index (χ2n) is 7.50. The number of hydrogen-bond acceptors (Lipinski definition) is 3. The molecule has 0 atom stereocenters. The van der Waals surface area contributed by atoms with Gasteiger partial charge in [0.25, 0.3) is 5.91 Å². The van der Waals surface area contributed by atoms with Crippen molar-refractivity contribution in [3.05, 3.63) is 59.7 Å². The lowest BCUT2D eigenvalue weighted by Crippen LogP contribution is -2.39. The van der Waals surface area contributed by atoms with Crippen molar-refractivity contribution in [1.82, 2.24) is 4.90 Å². The molecule has 5 heteroatoms. The molecule has 3 rings (SSSR count). The predicted octanol–water partition coefficient (Wildman–Crippen LogP) is 4.34. The molecule has 1 N–H and O–H groups in total. The number of carbonyl (C=O) groups is 2. The molecule has 0 radical (unpaired) electrons. The SMILES string of the molecule is CCCN(CCC)C(=O)c1cccc(NCC(=O)N2CCCc3ccccc32)c1. The molecule has 2 amide bonds. The van der Waals surface area contributed by atoms with Crippen molar-refractivity contribution in [3.63, 3.8) is 0 Å². The molecule has 1 aliphatic heterocycles. The molecule has 5 nitrogen and oxygen atoms in total. The Morgan fingerprint density at radius 1 is 1.03 bits per heavy atom. The molecule has 1 aliphatic rings. The molecule has 0 aliphatic carbocycles. The first-order valence-electron chi connectivity index (χ1n) is 10.7. The highest BCUT2D eigenvalue weighted by molar-refractivity contribution is 5.98. The average Bonchev–Trinajstić information content (AvgIpc) is 2.76. The van der Waals surface area contributed by atoms with Crippen LogP contribution in [0.5, 0.6) is 0 Å². The zero-order valence-corrected chi connectivity index (χ0v) is 17.5. The molecule has 0 aromatic heterocycles. The van der Waals surface area contributed by atoms with Crippen molar-refractivity contribution < 1.29 is 9.59 Å². The van der Waals surface area contributed by atoms with Gasteiger partial charge in [-0.15, -0.1) is 0 Å². The third-order valence-electron chi connectivity index (χ3n) is 5.24. The number of nitrogens with one attached hydrogen (secondary N) is 1. The Morgan fingerprint density at radius 2 is 1.79 bits per heavy atom. The minimum atomic E-state index is 0.0486. The Bertz CT molecular complexity index is 844. The van der Waals surface area contributed by atoms with Crippen LogP contribution >= 0.6 is 0 Å². The van der Waals surface area contributed by atoms with Gasteiger partial charge in [0.15, 0.2) is 0 Å². The minimum Gasteiger partial charge on any atom is -0.376 e. The number of benzene rings is 2. The first kappa shape index (κ1) is 20.9. The van der Waals surface area contributed by atoms with E-state index in [9.17, 15) is 9.59 Å². The van der Waals surface area contributed by atoms with Crippen LogP contribution in [-0.4, -0.2) is 42.9 Å². The van der Waals surface area contributed by atoms with Gasteiger partial charge >= 0.3 is 0 Å². The Kier molecular flexibility index (Phi) is 7.28. The van der Waals surface area contributed by atoms with Crippen molar-refractivity contribution in [2.75, 3.05) is 36.4 Å². The topological polar surface area (TPSA) is 52.7 Å². The highest BCUT2D eigenvalue weighted by Gasteiger charge is 2.22. The summed E-state index contributed by atoms with van der Waals surface area (Å²) in [7, 11) is 0. The summed E-state index contributed by atoms with van der Waals surface area (Å²) < 4.78 is 0. The van der Waals surface area contributed by atoms with Crippen LogP contribution in [0.4, 0.5) is 11.4 Å². The van der Waals surface area contributed by atoms with Crippen molar-refractivity contribution in [2.24, 2.45) is 0 Å². The summed E-state index contributed by atoms with van der Waals surface area (Å²) in [5.41, 5.74) is 3.70. The monoisotopic (exact) mass is 393 g/mol. The van der Waals surface area contributed by atoms with Crippen molar-refractivity contribution >= 4 is 23.2 Å². The third-order valence-corrected chi connectivity index (χ3v) is 5.24. The molecule has 29 heavy (non-hydrogen) atoms. The lowest BCUT2D eigenvalue weighted by Gasteiger charge is -2.29. The van der Waals surface area contributed by atoms with Gasteiger partial charge in [0.2, 0.25) is 5.91 Å². The summed E-state index contributed by atoms with van der Waals surface area (Å²) in [6.07, 6.45) is 3.88. The number of aryl methyl sites for hydroxylation is 1. The van der Waals surface area contributed by atoms with E-state index in [1.807, 2.05) is 52.3 Å². The van der Waals surface area contributed by atoms with E-state index in [4.69, 9.17) is 0 Å². The molecule has 2 aromatic rings. The van der Waals surface area contributed by atoms with Crippen LogP contribution in [0.25, 0.3) is 0 Å². The van der Waals surface area contributed by atoms with Crippen molar-refractivity contribution in [3.8, 4) is 0 Å². The van der Waals surface area contributed by atoms with E-state index >= 15 is 0 Å². The lowest BCUT2D eigenvalue weighted by molar-refractivity contribution is -0.117. The van der Waals surface area contributed by atoms with Gasteiger partial charge in [-0.25, -0.2) is 0 Å². The summed E-state index contributed by atoms with van der Waals surface area (Å²) in [5, 5.41) is 3.21. The predicted molar refractivity (Wildman–Crippen MR) is 119 cm³/mol. The number of nitrogens with zero attached hydrogens (tertiary/aromatic N) is 2. The molecule has 0 bridgehead atoms. The maximum Gasteiger partial charge on any atom is 0.253 e. The summed E-state index contributed by atoms with van der Waals surface area (Å²) in [6.45, 7) is 6.64. The van der Waals surface area contributed by atoms with E-state index in [1.165, 1.54) is 5.56 Å². The smallest absolute Gasteiger partial charge is 0.253 e. The van der Waals surface area contributed by atoms with Crippen LogP contribution in [0.1, 0.15) is 49.0 Å². The standard InChI is InChI=1S/C24H31N3O2/c1-3-14-26(15-4-2)24(29)20-10-7-12-21(17-20)25-18-23(28)27-16-8-11-19-9-5-6-13-22(19)27/h5-7,9-10,12-13,17,25H,3-4,8,11,14-16,18H2,1-2H3. The first-order chi connectivity index (χ1) is 14.1. The number of hydrogen-bond donors (Lipinski definition) is 1. The number of rotatable bonds is 8. The number of para-hydroxylation sites is 1. The molecule has 0 saturated carbocycles. The highest BCUT2D eigenvalue weighted by Crippen LogP contribution is 2.26. The quantitative estimate of drug-likeness (QED) is 0.726. The summed E-state index contributed by atoms with van der Waals surface area (Å²) in [4.78, 5) is 29.4. The fraction of sp³-hybridized carbons (Fsp3) is 0.417. The van der Waals surface area contributed by atoms with Gasteiger partial charge in [0.05, 0.1) is 6.54 Å². The van der Waals surface area contributed by atoms with Gasteiger partial charge < -0.3 is 15.1 Å². The third kappa shape index (κ3) is 5.17. The number of fused-ring (bicyclic) bond motifs is 1. The fourth-order valence-electron chi connectivity index (χ4n) is 3.87. The van der Waals surface area contributed by atoms with Gasteiger partial charge in [-0.2, -0.15) is 0 Å². The highest BCUT2D eigenvalue weighted by atomic mass is 16.2. The van der Waals surface area contributed by atoms with Crippen molar-refractivity contribution in [2.45, 2.75) is 39.5 Å². The maximum absolute atomic E-state index is 12.8. The van der Waals surface area contributed by atoms with E-state index in [0.717, 1.165) is 56.7 Å². The minimum absolute atomic E-state index is 0.0486. The zero-order chi connectivity index (χ0) is 20.6. The van der Waals surface area contributed by atoms with Crippen LogP contribution in [0, 0.1) is 0 Å². The molecule has 0 spiro atoms. The second-order valence-corrected chi connectivity index (χ2v) is 7.50. The number of carbonyl (C=O) groups excluding carboxylic acids is 2. The Labute approximate surface area is 173 Å². The van der Waals surface area contributed by atoms with E-state index in [1.54, 1.807) is 0 Å². The Balaban J connectivity index is 1.65. The molecule has 0 unspecified atom stereocenters. The first-order valence-corrected chi connectivity index (χ1v) is 10.7. The van der Waals surface area contributed by atoms with E-state index in [0.29, 0.717) is 5.56 Å². The molecule has 0 fully saturated rings. The molecular weight excluding hydrogens is 362 g/mol. The molecular formula is C24H31N3O2. The second kappa shape index (κ2) is 10.1. The van der Waals surface area contributed by atoms with E-state index < -0.39 is 0 Å². The zero-order valence-electron chi connectivity index (χ0n) is 17.5. The van der Waals surface area contributed by atoms with Gasteiger partial charge in [0, 0.05) is 36.6 Å². The van der Waals surface area contributed by atoms with Gasteiger partial charge in [0.1, 0.15) is 0 Å². The van der Waals surface area contributed by atoms with E-state index in [2.05, 4.69) is 25.2 Å². The van der Waals surface area contributed by atoms with Crippen LogP contribution in [0.2, 0.25) is 0 Å². The number of anilines is 2. The maximum atomic E-state index is 12.8. The summed E-state index contributed by atoms with van der Waals surface area (Å²) >= 11 is 0. The van der Waals surface area contributed by atoms with Crippen LogP contribution in [0.15, 0.2) is 48.5 Å². The van der Waals surface area contributed by atoms with Gasteiger partial charge in [-0.1, -0.05) is 38.1 Å². The van der Waals surface area contributed by atoms with Crippen LogP contribution in [0.3, 0.4) is 0 Å². The number of amides is 2. The molecule has 0 saturated heterocycles. The van der Waals surface area contributed by atoms with Gasteiger partial charge in [-0.3, -0.25) is 9.59 Å². The largest absolute Gasteiger partial charge is 0.376 e. The van der Waals surface area contributed by atoms with Crippen molar-refractivity contribution in [1.29, 1.82) is 0 Å². The lowest BCUT2D eigenvalue weighted by atomic mass is 10.0.